The monoisotopic (exact) mass is 386 g/mol. The first-order chi connectivity index (χ1) is 12.8. The number of hydrogen-bond acceptors (Lipinski definition) is 6. The summed E-state index contributed by atoms with van der Waals surface area (Å²) in [5, 5.41) is 0.715. The number of para-hydroxylation sites is 1. The molecule has 0 atom stereocenters. The average molecular weight is 386 g/mol. The fourth-order valence-corrected chi connectivity index (χ4v) is 4.18. The molecule has 0 spiro atoms. The number of anilines is 1. The second kappa shape index (κ2) is 6.31. The molecule has 8 heteroatoms. The number of ether oxygens (including phenoxy) is 1. The summed E-state index contributed by atoms with van der Waals surface area (Å²) in [6, 6.07) is 11.9. The Bertz CT molecular complexity index is 1150. The lowest BCUT2D eigenvalue weighted by molar-refractivity contribution is 0.0956. The van der Waals surface area contributed by atoms with Crippen molar-refractivity contribution in [2.75, 3.05) is 25.6 Å². The highest BCUT2D eigenvalue weighted by Crippen LogP contribution is 2.32. The van der Waals surface area contributed by atoms with Crippen molar-refractivity contribution >= 4 is 32.6 Å². The van der Waals surface area contributed by atoms with E-state index in [-0.39, 0.29) is 10.7 Å². The number of rotatable bonds is 4. The minimum atomic E-state index is -4.08. The van der Waals surface area contributed by atoms with Crippen molar-refractivity contribution in [3.05, 3.63) is 53.8 Å². The van der Waals surface area contributed by atoms with Gasteiger partial charge in [-0.1, -0.05) is 12.1 Å². The minimum Gasteiger partial charge on any atom is -0.492 e. The lowest BCUT2D eigenvalue weighted by Gasteiger charge is -2.11. The summed E-state index contributed by atoms with van der Waals surface area (Å²) in [6.45, 7) is 0.424. The van der Waals surface area contributed by atoms with E-state index in [0.29, 0.717) is 29.7 Å². The zero-order chi connectivity index (χ0) is 19.2. The van der Waals surface area contributed by atoms with Crippen LogP contribution in [0.2, 0.25) is 0 Å². The number of amides is 1. The maximum Gasteiger partial charge on any atom is 0.300 e. The van der Waals surface area contributed by atoms with Crippen LogP contribution in [0.5, 0.6) is 5.75 Å². The Morgan fingerprint density at radius 2 is 1.96 bits per heavy atom. The predicted molar refractivity (Wildman–Crippen MR) is 101 cm³/mol. The molecule has 1 aliphatic rings. The van der Waals surface area contributed by atoms with E-state index in [1.165, 1.54) is 12.1 Å². The van der Waals surface area contributed by atoms with Crippen LogP contribution < -0.4 is 14.4 Å². The smallest absolute Gasteiger partial charge is 0.300 e. The summed E-state index contributed by atoms with van der Waals surface area (Å²) < 4.78 is 38.4. The molecule has 27 heavy (non-hydrogen) atoms. The first-order valence-corrected chi connectivity index (χ1v) is 9.86. The van der Waals surface area contributed by atoms with Gasteiger partial charge in [-0.15, -0.1) is 0 Å². The van der Waals surface area contributed by atoms with Crippen LogP contribution in [0, 0.1) is 0 Å². The average Bonchev–Trinajstić information content (AvgIpc) is 3.26. The van der Waals surface area contributed by atoms with Gasteiger partial charge in [-0.2, -0.15) is 0 Å². The third kappa shape index (κ3) is 3.12. The molecule has 7 nitrogen and oxygen atoms in total. The van der Waals surface area contributed by atoms with Crippen LogP contribution in [0.3, 0.4) is 0 Å². The summed E-state index contributed by atoms with van der Waals surface area (Å²) in [4.78, 5) is 14.3. The van der Waals surface area contributed by atoms with Gasteiger partial charge < -0.3 is 14.1 Å². The lowest BCUT2D eigenvalue weighted by Crippen LogP contribution is -2.30. The molecule has 0 aliphatic carbocycles. The molecule has 0 fully saturated rings. The topological polar surface area (TPSA) is 88.9 Å². The Balaban J connectivity index is 1.64. The number of sulfonamides is 1. The molecule has 3 aromatic rings. The van der Waals surface area contributed by atoms with E-state index in [0.717, 1.165) is 11.3 Å². The highest BCUT2D eigenvalue weighted by atomic mass is 32.2. The zero-order valence-electron chi connectivity index (χ0n) is 14.9. The number of benzene rings is 2. The van der Waals surface area contributed by atoms with Gasteiger partial charge >= 0.3 is 5.91 Å². The lowest BCUT2D eigenvalue weighted by atomic mass is 10.2. The molecule has 1 aromatic heterocycles. The van der Waals surface area contributed by atoms with Crippen molar-refractivity contribution in [3.63, 3.8) is 0 Å². The summed E-state index contributed by atoms with van der Waals surface area (Å²) >= 11 is 0. The van der Waals surface area contributed by atoms with E-state index < -0.39 is 15.9 Å². The number of nitrogens with zero attached hydrogens (tertiary/aromatic N) is 1. The summed E-state index contributed by atoms with van der Waals surface area (Å²) in [6.07, 6.45) is 0.643. The Morgan fingerprint density at radius 1 is 1.15 bits per heavy atom. The molecule has 1 N–H and O–H groups in total. The van der Waals surface area contributed by atoms with Crippen LogP contribution in [-0.2, 0) is 16.4 Å². The molecule has 1 amide bonds. The van der Waals surface area contributed by atoms with Gasteiger partial charge in [0.25, 0.3) is 10.0 Å². The van der Waals surface area contributed by atoms with Crippen molar-refractivity contribution < 1.29 is 22.4 Å². The molecule has 4 rings (SSSR count). The number of fused-ring (bicyclic) bond motifs is 2. The number of carbonyl (C=O) groups excluding carboxylic acids is 1. The van der Waals surface area contributed by atoms with E-state index in [2.05, 4.69) is 4.72 Å². The van der Waals surface area contributed by atoms with E-state index in [1.807, 2.05) is 37.2 Å². The quantitative estimate of drug-likeness (QED) is 0.741. The zero-order valence-corrected chi connectivity index (χ0v) is 15.7. The summed E-state index contributed by atoms with van der Waals surface area (Å²) in [7, 11) is -0.298. The molecule has 1 aliphatic heterocycles. The SMILES string of the molecule is CN(C)c1ccc2cc(C(=O)NS(=O)(=O)c3cccc4c3OCC4)oc2c1. The van der Waals surface area contributed by atoms with Crippen LogP contribution in [0.25, 0.3) is 11.0 Å². The molecule has 0 saturated carbocycles. The van der Waals surface area contributed by atoms with Gasteiger partial charge in [-0.05, 0) is 29.8 Å². The molecular formula is C19H18N2O5S. The third-order valence-electron chi connectivity index (χ3n) is 4.44. The van der Waals surface area contributed by atoms with Gasteiger partial charge in [0.15, 0.2) is 5.76 Å². The summed E-state index contributed by atoms with van der Waals surface area (Å²) in [5.74, 6) is -0.593. The van der Waals surface area contributed by atoms with Crippen LogP contribution in [0.15, 0.2) is 51.8 Å². The van der Waals surface area contributed by atoms with Gasteiger partial charge in [0.1, 0.15) is 16.2 Å². The van der Waals surface area contributed by atoms with Crippen molar-refractivity contribution in [1.82, 2.24) is 4.72 Å². The molecule has 0 saturated heterocycles. The maximum absolute atomic E-state index is 12.7. The van der Waals surface area contributed by atoms with E-state index in [1.54, 1.807) is 12.1 Å². The molecule has 0 unspecified atom stereocenters. The third-order valence-corrected chi connectivity index (χ3v) is 5.79. The Kier molecular flexibility index (Phi) is 4.07. The molecule has 2 aromatic carbocycles. The van der Waals surface area contributed by atoms with Gasteiger partial charge in [0, 0.05) is 37.7 Å². The molecule has 2 heterocycles. The first-order valence-electron chi connectivity index (χ1n) is 8.38. The fourth-order valence-electron chi connectivity index (χ4n) is 3.03. The predicted octanol–water partition coefficient (Wildman–Crippen LogP) is 2.55. The second-order valence-corrected chi connectivity index (χ2v) is 8.16. The first kappa shape index (κ1) is 17.4. The molecular weight excluding hydrogens is 368 g/mol. The second-order valence-electron chi connectivity index (χ2n) is 6.50. The Labute approximate surface area is 156 Å². The number of nitrogens with one attached hydrogen (secondary N) is 1. The van der Waals surface area contributed by atoms with Crippen LogP contribution >= 0.6 is 0 Å². The molecule has 0 bridgehead atoms. The van der Waals surface area contributed by atoms with E-state index in [4.69, 9.17) is 9.15 Å². The van der Waals surface area contributed by atoms with Crippen LogP contribution in [0.4, 0.5) is 5.69 Å². The van der Waals surface area contributed by atoms with Gasteiger partial charge in [0.2, 0.25) is 0 Å². The minimum absolute atomic E-state index is 0.0446. The maximum atomic E-state index is 12.7. The van der Waals surface area contributed by atoms with Crippen molar-refractivity contribution in [2.24, 2.45) is 0 Å². The molecule has 140 valence electrons. The fraction of sp³-hybridized carbons (Fsp3) is 0.211. The normalized spacial score (nSPS) is 13.3. The van der Waals surface area contributed by atoms with Crippen LogP contribution in [-0.4, -0.2) is 35.0 Å². The van der Waals surface area contributed by atoms with Crippen molar-refractivity contribution in [2.45, 2.75) is 11.3 Å². The highest BCUT2D eigenvalue weighted by Gasteiger charge is 2.28. The van der Waals surface area contributed by atoms with Crippen molar-refractivity contribution in [3.8, 4) is 5.75 Å². The van der Waals surface area contributed by atoms with Gasteiger partial charge in [-0.25, -0.2) is 13.1 Å². The van der Waals surface area contributed by atoms with Crippen molar-refractivity contribution in [1.29, 1.82) is 0 Å². The van der Waals surface area contributed by atoms with Gasteiger partial charge in [0.05, 0.1) is 6.61 Å². The number of hydrogen-bond donors (Lipinski definition) is 1. The summed E-state index contributed by atoms with van der Waals surface area (Å²) in [5.41, 5.74) is 2.23. The van der Waals surface area contributed by atoms with E-state index in [9.17, 15) is 13.2 Å². The number of carbonyl (C=O) groups is 1. The highest BCUT2D eigenvalue weighted by molar-refractivity contribution is 7.90. The standard InChI is InChI=1S/C19H18N2O5S/c1-21(2)14-7-6-13-10-16(26-15(13)11-14)19(22)20-27(23,24)17-5-3-4-12-8-9-25-18(12)17/h3-7,10-11H,8-9H2,1-2H3,(H,20,22). The van der Waals surface area contributed by atoms with Crippen LogP contribution in [0.1, 0.15) is 16.1 Å². The largest absolute Gasteiger partial charge is 0.492 e. The number of furan rings is 1. The van der Waals surface area contributed by atoms with E-state index >= 15 is 0 Å². The Hall–Kier alpha value is -3.00. The van der Waals surface area contributed by atoms with Gasteiger partial charge in [-0.3, -0.25) is 4.79 Å². The Morgan fingerprint density at radius 3 is 2.74 bits per heavy atom. The molecule has 0 radical (unpaired) electrons.